The molecule has 2 aliphatic rings. The predicted octanol–water partition coefficient (Wildman–Crippen LogP) is 2.54. The van der Waals surface area contributed by atoms with Gasteiger partial charge >= 0.3 is 5.63 Å². The molecular formula is C24H24N2O5. The largest absolute Gasteiger partial charge is 0.484 e. The van der Waals surface area contributed by atoms with Crippen molar-refractivity contribution in [3.05, 3.63) is 74.5 Å². The second-order valence-electron chi connectivity index (χ2n) is 8.39. The van der Waals surface area contributed by atoms with E-state index in [1.54, 1.807) is 24.3 Å². The second-order valence-corrected chi connectivity index (χ2v) is 8.39. The van der Waals surface area contributed by atoms with Crippen molar-refractivity contribution < 1.29 is 13.9 Å². The molecule has 2 aliphatic heterocycles. The van der Waals surface area contributed by atoms with Gasteiger partial charge < -0.3 is 18.6 Å². The average molecular weight is 420 g/mol. The minimum Gasteiger partial charge on any atom is -0.484 e. The van der Waals surface area contributed by atoms with Crippen LogP contribution in [0.25, 0.3) is 11.0 Å². The number of aromatic nitrogens is 1. The Bertz CT molecular complexity index is 1270. The van der Waals surface area contributed by atoms with Crippen LogP contribution < -0.4 is 15.9 Å². The maximum absolute atomic E-state index is 12.9. The zero-order valence-corrected chi connectivity index (χ0v) is 17.4. The van der Waals surface area contributed by atoms with E-state index in [9.17, 15) is 14.4 Å². The molecule has 0 saturated carbocycles. The number of piperidine rings is 1. The van der Waals surface area contributed by atoms with Crippen molar-refractivity contribution >= 4 is 16.9 Å². The molecule has 0 aliphatic carbocycles. The number of aryl methyl sites for hydroxylation is 1. The van der Waals surface area contributed by atoms with Crippen LogP contribution in [-0.2, 0) is 17.8 Å². The summed E-state index contributed by atoms with van der Waals surface area (Å²) in [7, 11) is 0. The third kappa shape index (κ3) is 3.65. The number of rotatable bonds is 4. The fourth-order valence-electron chi connectivity index (χ4n) is 4.93. The zero-order valence-electron chi connectivity index (χ0n) is 17.4. The van der Waals surface area contributed by atoms with E-state index < -0.39 is 5.63 Å². The first-order valence-electron chi connectivity index (χ1n) is 10.7. The van der Waals surface area contributed by atoms with Crippen LogP contribution in [0.3, 0.4) is 0 Å². The van der Waals surface area contributed by atoms with Crippen molar-refractivity contribution in [2.75, 3.05) is 19.7 Å². The lowest BCUT2D eigenvalue weighted by Crippen LogP contribution is -2.50. The van der Waals surface area contributed by atoms with E-state index >= 15 is 0 Å². The van der Waals surface area contributed by atoms with Crippen molar-refractivity contribution in [1.82, 2.24) is 9.47 Å². The van der Waals surface area contributed by atoms with Crippen LogP contribution in [0, 0.1) is 5.92 Å². The van der Waals surface area contributed by atoms with Gasteiger partial charge in [0.1, 0.15) is 11.3 Å². The third-order valence-electron chi connectivity index (χ3n) is 6.38. The van der Waals surface area contributed by atoms with E-state index in [2.05, 4.69) is 0 Å². The van der Waals surface area contributed by atoms with Crippen molar-refractivity contribution in [3.8, 4) is 5.75 Å². The molecule has 0 N–H and O–H groups in total. The Morgan fingerprint density at radius 2 is 2.00 bits per heavy atom. The number of benzene rings is 1. The Kier molecular flexibility index (Phi) is 4.88. The number of hydrogen-bond donors (Lipinski definition) is 0. The smallest absolute Gasteiger partial charge is 0.336 e. The van der Waals surface area contributed by atoms with Gasteiger partial charge in [0.05, 0.1) is 0 Å². The number of pyridine rings is 1. The highest BCUT2D eigenvalue weighted by molar-refractivity contribution is 5.82. The van der Waals surface area contributed by atoms with Crippen molar-refractivity contribution in [2.45, 2.75) is 32.2 Å². The molecule has 4 heterocycles. The van der Waals surface area contributed by atoms with Crippen LogP contribution in [0.4, 0.5) is 0 Å². The number of carbonyl (C=O) groups excluding carboxylic acids is 1. The molecule has 1 saturated heterocycles. The summed E-state index contributed by atoms with van der Waals surface area (Å²) in [4.78, 5) is 38.6. The van der Waals surface area contributed by atoms with Gasteiger partial charge in [0.15, 0.2) is 6.61 Å². The molecule has 1 fully saturated rings. The molecule has 3 aromatic rings. The maximum atomic E-state index is 12.9. The van der Waals surface area contributed by atoms with Gasteiger partial charge in [-0.2, -0.15) is 0 Å². The summed E-state index contributed by atoms with van der Waals surface area (Å²) < 4.78 is 12.9. The van der Waals surface area contributed by atoms with Crippen molar-refractivity contribution in [3.63, 3.8) is 0 Å². The number of carbonyl (C=O) groups is 1. The molecule has 2 atom stereocenters. The topological polar surface area (TPSA) is 81.8 Å². The van der Waals surface area contributed by atoms with Gasteiger partial charge in [0.25, 0.3) is 11.5 Å². The molecule has 7 heteroatoms. The standard InChI is InChI=1S/C24H24N2O5/c1-2-16-9-24(29)31-21-10-18(6-7-19(16)21)30-14-23(28)25-11-15-8-17(13-25)20-4-3-5-22(27)26(20)12-15/h3-7,9-10,15,17H,2,8,11-14H2,1H3/t15-,17+/m0/s1. The highest BCUT2D eigenvalue weighted by Gasteiger charge is 2.36. The molecule has 0 unspecified atom stereocenters. The zero-order chi connectivity index (χ0) is 21.5. The van der Waals surface area contributed by atoms with Crippen LogP contribution in [-0.4, -0.2) is 35.1 Å². The van der Waals surface area contributed by atoms with E-state index in [-0.39, 0.29) is 29.9 Å². The van der Waals surface area contributed by atoms with Gasteiger partial charge in [0.2, 0.25) is 0 Å². The first-order valence-corrected chi connectivity index (χ1v) is 10.7. The van der Waals surface area contributed by atoms with Crippen molar-refractivity contribution in [1.29, 1.82) is 0 Å². The summed E-state index contributed by atoms with van der Waals surface area (Å²) in [6, 6.07) is 12.2. The molecule has 7 nitrogen and oxygen atoms in total. The summed E-state index contributed by atoms with van der Waals surface area (Å²) in [5.41, 5.74) is 2.04. The van der Waals surface area contributed by atoms with Crippen LogP contribution >= 0.6 is 0 Å². The number of fused-ring (bicyclic) bond motifs is 5. The molecule has 2 aromatic heterocycles. The van der Waals surface area contributed by atoms with Gasteiger partial charge in [-0.3, -0.25) is 9.59 Å². The lowest BCUT2D eigenvalue weighted by atomic mass is 9.83. The first kappa shape index (κ1) is 19.6. The number of hydrogen-bond acceptors (Lipinski definition) is 5. The Balaban J connectivity index is 1.29. The Hall–Kier alpha value is -3.35. The predicted molar refractivity (Wildman–Crippen MR) is 115 cm³/mol. The molecule has 0 radical (unpaired) electrons. The molecule has 2 bridgehead atoms. The lowest BCUT2D eigenvalue weighted by Gasteiger charge is -2.42. The van der Waals surface area contributed by atoms with Crippen molar-refractivity contribution in [2.24, 2.45) is 5.92 Å². The third-order valence-corrected chi connectivity index (χ3v) is 6.38. The lowest BCUT2D eigenvalue weighted by molar-refractivity contribution is -0.136. The van der Waals surface area contributed by atoms with E-state index in [4.69, 9.17) is 9.15 Å². The van der Waals surface area contributed by atoms with Gasteiger partial charge in [0, 0.05) is 54.8 Å². The minimum atomic E-state index is -0.392. The van der Waals surface area contributed by atoms with Crippen LogP contribution in [0.2, 0.25) is 0 Å². The quantitative estimate of drug-likeness (QED) is 0.606. The fraction of sp³-hybridized carbons (Fsp3) is 0.375. The Morgan fingerprint density at radius 1 is 1.13 bits per heavy atom. The van der Waals surface area contributed by atoms with Crippen LogP contribution in [0.15, 0.2) is 56.5 Å². The molecule has 5 rings (SSSR count). The fourth-order valence-corrected chi connectivity index (χ4v) is 4.93. The van der Waals surface area contributed by atoms with E-state index in [1.807, 2.05) is 28.5 Å². The van der Waals surface area contributed by atoms with E-state index in [0.717, 1.165) is 29.5 Å². The highest BCUT2D eigenvalue weighted by atomic mass is 16.5. The number of amides is 1. The van der Waals surface area contributed by atoms with Gasteiger partial charge in [-0.15, -0.1) is 0 Å². The summed E-state index contributed by atoms with van der Waals surface area (Å²) >= 11 is 0. The molecule has 31 heavy (non-hydrogen) atoms. The van der Waals surface area contributed by atoms with E-state index in [0.29, 0.717) is 31.0 Å². The van der Waals surface area contributed by atoms with Crippen LogP contribution in [0.1, 0.15) is 30.5 Å². The second kappa shape index (κ2) is 7.72. The van der Waals surface area contributed by atoms with Gasteiger partial charge in [-0.1, -0.05) is 13.0 Å². The molecule has 1 aromatic carbocycles. The number of ether oxygens (including phenoxy) is 1. The SMILES string of the molecule is CCc1cc(=O)oc2cc(OCC(=O)N3C[C@@H]4C[C@H](C3)c3cccc(=O)n3C4)ccc12. The highest BCUT2D eigenvalue weighted by Crippen LogP contribution is 2.35. The Morgan fingerprint density at radius 3 is 2.84 bits per heavy atom. The number of nitrogens with zero attached hydrogens (tertiary/aromatic N) is 2. The molecule has 0 spiro atoms. The monoisotopic (exact) mass is 420 g/mol. The van der Waals surface area contributed by atoms with Crippen LogP contribution in [0.5, 0.6) is 5.75 Å². The summed E-state index contributed by atoms with van der Waals surface area (Å²) in [5, 5.41) is 0.874. The molecule has 1 amide bonds. The Labute approximate surface area is 178 Å². The van der Waals surface area contributed by atoms with Gasteiger partial charge in [-0.05, 0) is 42.5 Å². The van der Waals surface area contributed by atoms with Gasteiger partial charge in [-0.25, -0.2) is 4.79 Å². The molecule has 160 valence electrons. The number of likely N-dealkylation sites (tertiary alicyclic amines) is 1. The summed E-state index contributed by atoms with van der Waals surface area (Å²) in [6.45, 7) is 3.78. The average Bonchev–Trinajstić information content (AvgIpc) is 2.77. The molecular weight excluding hydrogens is 396 g/mol. The summed E-state index contributed by atoms with van der Waals surface area (Å²) in [6.07, 6.45) is 1.73. The normalized spacial score (nSPS) is 19.8. The first-order chi connectivity index (χ1) is 15.0. The van der Waals surface area contributed by atoms with E-state index in [1.165, 1.54) is 6.07 Å². The summed E-state index contributed by atoms with van der Waals surface area (Å²) in [5.74, 6) is 0.863. The minimum absolute atomic E-state index is 0.0319. The maximum Gasteiger partial charge on any atom is 0.336 e.